The molecule has 0 bridgehead atoms. The van der Waals surface area contributed by atoms with Crippen molar-refractivity contribution < 1.29 is 8.94 Å². The standard InChI is InChI=1S/C18H18N6O2S/c1-11(2)24-10-19-22-18(24)27-9-14-20-21-17(25-14)15-12(3)26-23-16(15)13-7-5-4-6-8-13/h4-8,10-11H,9H2,1-3H3. The Bertz CT molecular complexity index is 1040. The molecule has 9 heteroatoms. The van der Waals surface area contributed by atoms with Crippen molar-refractivity contribution in [3.8, 4) is 22.7 Å². The molecule has 0 spiro atoms. The number of hydrogen-bond donors (Lipinski definition) is 0. The lowest BCUT2D eigenvalue weighted by molar-refractivity contribution is 0.399. The van der Waals surface area contributed by atoms with Crippen LogP contribution < -0.4 is 0 Å². The van der Waals surface area contributed by atoms with Crippen molar-refractivity contribution in [2.24, 2.45) is 0 Å². The molecule has 0 saturated carbocycles. The zero-order valence-corrected chi connectivity index (χ0v) is 16.0. The van der Waals surface area contributed by atoms with E-state index in [0.717, 1.165) is 16.3 Å². The smallest absolute Gasteiger partial charge is 0.253 e. The average molecular weight is 382 g/mol. The van der Waals surface area contributed by atoms with Crippen molar-refractivity contribution in [1.29, 1.82) is 0 Å². The van der Waals surface area contributed by atoms with Gasteiger partial charge in [-0.1, -0.05) is 47.3 Å². The summed E-state index contributed by atoms with van der Waals surface area (Å²) in [6, 6.07) is 10.1. The number of nitrogens with zero attached hydrogens (tertiary/aromatic N) is 6. The molecule has 0 amide bonds. The highest BCUT2D eigenvalue weighted by Crippen LogP contribution is 2.34. The van der Waals surface area contributed by atoms with Crippen LogP contribution in [0.4, 0.5) is 0 Å². The summed E-state index contributed by atoms with van der Waals surface area (Å²) >= 11 is 1.50. The number of thioether (sulfide) groups is 1. The first-order valence-electron chi connectivity index (χ1n) is 8.50. The van der Waals surface area contributed by atoms with Crippen LogP contribution in [0.3, 0.4) is 0 Å². The van der Waals surface area contributed by atoms with Crippen LogP contribution in [0.5, 0.6) is 0 Å². The maximum Gasteiger partial charge on any atom is 0.253 e. The van der Waals surface area contributed by atoms with Gasteiger partial charge in [0.2, 0.25) is 5.89 Å². The van der Waals surface area contributed by atoms with Crippen LogP contribution in [0, 0.1) is 6.92 Å². The maximum atomic E-state index is 5.87. The van der Waals surface area contributed by atoms with E-state index in [4.69, 9.17) is 8.94 Å². The van der Waals surface area contributed by atoms with Crippen molar-refractivity contribution in [3.05, 3.63) is 48.3 Å². The SMILES string of the molecule is Cc1onc(-c2ccccc2)c1-c1nnc(CSc2nncn2C(C)C)o1. The lowest BCUT2D eigenvalue weighted by Gasteiger charge is -2.08. The molecule has 0 saturated heterocycles. The third-order valence-electron chi connectivity index (χ3n) is 4.01. The van der Waals surface area contributed by atoms with Crippen LogP contribution in [0.15, 0.2) is 50.8 Å². The molecule has 27 heavy (non-hydrogen) atoms. The number of rotatable bonds is 6. The molecule has 4 rings (SSSR count). The van der Waals surface area contributed by atoms with Crippen LogP contribution >= 0.6 is 11.8 Å². The van der Waals surface area contributed by atoms with E-state index in [0.29, 0.717) is 29.0 Å². The Morgan fingerprint density at radius 1 is 1.11 bits per heavy atom. The summed E-state index contributed by atoms with van der Waals surface area (Å²) in [6.07, 6.45) is 1.72. The summed E-state index contributed by atoms with van der Waals surface area (Å²) in [5, 5.41) is 21.4. The van der Waals surface area contributed by atoms with Gasteiger partial charge in [-0.2, -0.15) is 0 Å². The maximum absolute atomic E-state index is 5.87. The van der Waals surface area contributed by atoms with Gasteiger partial charge >= 0.3 is 0 Å². The summed E-state index contributed by atoms with van der Waals surface area (Å²) in [5.41, 5.74) is 2.34. The van der Waals surface area contributed by atoms with E-state index in [1.807, 2.05) is 41.8 Å². The molecule has 8 nitrogen and oxygen atoms in total. The molecule has 3 aromatic heterocycles. The van der Waals surface area contributed by atoms with Crippen molar-refractivity contribution >= 4 is 11.8 Å². The molecular formula is C18H18N6O2S. The molecule has 0 N–H and O–H groups in total. The first kappa shape index (κ1) is 17.5. The molecule has 0 unspecified atom stereocenters. The topological polar surface area (TPSA) is 95.7 Å². The second kappa shape index (κ2) is 7.36. The highest BCUT2D eigenvalue weighted by molar-refractivity contribution is 7.98. The Hall–Kier alpha value is -2.94. The molecule has 0 atom stereocenters. The number of aryl methyl sites for hydroxylation is 1. The number of hydrogen-bond acceptors (Lipinski definition) is 8. The van der Waals surface area contributed by atoms with Gasteiger partial charge in [-0.25, -0.2) is 0 Å². The summed E-state index contributed by atoms with van der Waals surface area (Å²) in [5.74, 6) is 2.04. The minimum absolute atomic E-state index is 0.286. The molecule has 4 aromatic rings. The van der Waals surface area contributed by atoms with Gasteiger partial charge in [-0.3, -0.25) is 0 Å². The van der Waals surface area contributed by atoms with Crippen molar-refractivity contribution in [2.75, 3.05) is 0 Å². The fraction of sp³-hybridized carbons (Fsp3) is 0.278. The van der Waals surface area contributed by atoms with E-state index < -0.39 is 0 Å². The summed E-state index contributed by atoms with van der Waals surface area (Å²) in [6.45, 7) is 5.99. The Labute approximate surface area is 160 Å². The van der Waals surface area contributed by atoms with Gasteiger partial charge in [-0.15, -0.1) is 20.4 Å². The van der Waals surface area contributed by atoms with Gasteiger partial charge in [0.05, 0.1) is 5.75 Å². The van der Waals surface area contributed by atoms with E-state index >= 15 is 0 Å². The Morgan fingerprint density at radius 2 is 1.93 bits per heavy atom. The average Bonchev–Trinajstić information content (AvgIpc) is 3.39. The van der Waals surface area contributed by atoms with Crippen molar-refractivity contribution in [1.82, 2.24) is 30.1 Å². The van der Waals surface area contributed by atoms with E-state index in [1.165, 1.54) is 11.8 Å². The molecule has 0 aliphatic heterocycles. The minimum Gasteiger partial charge on any atom is -0.420 e. The van der Waals surface area contributed by atoms with Gasteiger partial charge in [0.1, 0.15) is 23.3 Å². The fourth-order valence-electron chi connectivity index (χ4n) is 2.65. The molecule has 0 radical (unpaired) electrons. The molecule has 1 aromatic carbocycles. The lowest BCUT2D eigenvalue weighted by Crippen LogP contribution is -2.00. The third-order valence-corrected chi connectivity index (χ3v) is 4.95. The van der Waals surface area contributed by atoms with E-state index in [1.54, 1.807) is 6.33 Å². The van der Waals surface area contributed by atoms with Crippen LogP contribution in [-0.4, -0.2) is 30.1 Å². The van der Waals surface area contributed by atoms with Crippen molar-refractivity contribution in [3.63, 3.8) is 0 Å². The Kier molecular flexibility index (Phi) is 4.76. The Morgan fingerprint density at radius 3 is 2.70 bits per heavy atom. The molecule has 0 fully saturated rings. The van der Waals surface area contributed by atoms with E-state index in [2.05, 4.69) is 39.4 Å². The molecule has 138 valence electrons. The van der Waals surface area contributed by atoms with Gasteiger partial charge in [0.25, 0.3) is 5.89 Å². The molecule has 3 heterocycles. The first-order chi connectivity index (χ1) is 13.1. The normalized spacial score (nSPS) is 11.4. The second-order valence-electron chi connectivity index (χ2n) is 6.23. The fourth-order valence-corrected chi connectivity index (χ4v) is 3.53. The first-order valence-corrected chi connectivity index (χ1v) is 9.48. The molecule has 0 aliphatic rings. The summed E-state index contributed by atoms with van der Waals surface area (Å²) in [4.78, 5) is 0. The lowest BCUT2D eigenvalue weighted by atomic mass is 10.1. The predicted molar refractivity (Wildman–Crippen MR) is 99.9 cm³/mol. The van der Waals surface area contributed by atoms with Crippen molar-refractivity contribution in [2.45, 2.75) is 37.7 Å². The number of aromatic nitrogens is 6. The predicted octanol–water partition coefficient (Wildman–Crippen LogP) is 4.16. The zero-order valence-electron chi connectivity index (χ0n) is 15.2. The van der Waals surface area contributed by atoms with Gasteiger partial charge in [0.15, 0.2) is 5.16 Å². The van der Waals surface area contributed by atoms with Gasteiger partial charge < -0.3 is 13.5 Å². The number of benzene rings is 1. The van der Waals surface area contributed by atoms with Crippen LogP contribution in [-0.2, 0) is 5.75 Å². The third kappa shape index (κ3) is 3.50. The Balaban J connectivity index is 1.57. The minimum atomic E-state index is 0.286. The second-order valence-corrected chi connectivity index (χ2v) is 7.18. The quantitative estimate of drug-likeness (QED) is 0.459. The molecular weight excluding hydrogens is 364 g/mol. The largest absolute Gasteiger partial charge is 0.420 e. The van der Waals surface area contributed by atoms with Gasteiger partial charge in [-0.05, 0) is 20.8 Å². The van der Waals surface area contributed by atoms with E-state index in [-0.39, 0.29) is 6.04 Å². The highest BCUT2D eigenvalue weighted by Gasteiger charge is 2.22. The van der Waals surface area contributed by atoms with Crippen LogP contribution in [0.25, 0.3) is 22.7 Å². The van der Waals surface area contributed by atoms with E-state index in [9.17, 15) is 0 Å². The zero-order chi connectivity index (χ0) is 18.8. The monoisotopic (exact) mass is 382 g/mol. The van der Waals surface area contributed by atoms with Crippen LogP contribution in [0.2, 0.25) is 0 Å². The molecule has 0 aliphatic carbocycles. The highest BCUT2D eigenvalue weighted by atomic mass is 32.2. The summed E-state index contributed by atoms with van der Waals surface area (Å²) < 4.78 is 13.2. The van der Waals surface area contributed by atoms with Gasteiger partial charge in [0, 0.05) is 11.6 Å². The summed E-state index contributed by atoms with van der Waals surface area (Å²) in [7, 11) is 0. The van der Waals surface area contributed by atoms with Crippen LogP contribution in [0.1, 0.15) is 31.5 Å².